The zero-order chi connectivity index (χ0) is 21.4. The summed E-state index contributed by atoms with van der Waals surface area (Å²) in [5, 5.41) is 11.2. The van der Waals surface area contributed by atoms with Crippen molar-refractivity contribution in [2.75, 3.05) is 11.9 Å². The zero-order valence-electron chi connectivity index (χ0n) is 17.3. The summed E-state index contributed by atoms with van der Waals surface area (Å²) in [6.07, 6.45) is 4.35. The minimum atomic E-state index is -0.203. The normalized spacial score (nSPS) is 13.5. The van der Waals surface area contributed by atoms with Crippen LogP contribution >= 0.6 is 0 Å². The lowest BCUT2D eigenvalue weighted by molar-refractivity contribution is 0.0950. The zero-order valence-corrected chi connectivity index (χ0v) is 17.3. The summed E-state index contributed by atoms with van der Waals surface area (Å²) in [4.78, 5) is 25.1. The number of amides is 2. The molecule has 2 amide bonds. The molecule has 0 fully saturated rings. The summed E-state index contributed by atoms with van der Waals surface area (Å²) >= 11 is 0. The Morgan fingerprint density at radius 1 is 1.19 bits per heavy atom. The van der Waals surface area contributed by atoms with Gasteiger partial charge < -0.3 is 15.2 Å². The molecular weight excluding hydrogens is 390 g/mol. The molecule has 0 radical (unpaired) electrons. The van der Waals surface area contributed by atoms with Crippen LogP contribution < -0.4 is 10.6 Å². The second-order valence-electron chi connectivity index (χ2n) is 7.87. The van der Waals surface area contributed by atoms with Crippen molar-refractivity contribution in [3.05, 3.63) is 83.3 Å². The number of fused-ring (bicyclic) bond motifs is 3. The molecule has 5 rings (SSSR count). The van der Waals surface area contributed by atoms with E-state index in [1.807, 2.05) is 45.8 Å². The van der Waals surface area contributed by atoms with Crippen LogP contribution in [0.25, 0.3) is 10.9 Å². The SMILES string of the molecule is Cc1ccccc1Cn1cc(NC(=O)c2ccc3cc4n(c3c2)CCCNC4=O)cn1. The lowest BCUT2D eigenvalue weighted by Crippen LogP contribution is -2.22. The van der Waals surface area contributed by atoms with E-state index in [0.29, 0.717) is 30.0 Å². The van der Waals surface area contributed by atoms with Gasteiger partial charge in [-0.25, -0.2) is 0 Å². The van der Waals surface area contributed by atoms with Gasteiger partial charge in [0, 0.05) is 35.8 Å². The number of anilines is 1. The number of rotatable bonds is 4. The topological polar surface area (TPSA) is 81.0 Å². The Hall–Kier alpha value is -3.87. The molecular formula is C24H23N5O2. The highest BCUT2D eigenvalue weighted by molar-refractivity contribution is 6.07. The molecule has 0 saturated heterocycles. The van der Waals surface area contributed by atoms with Crippen molar-refractivity contribution in [2.24, 2.45) is 0 Å². The van der Waals surface area contributed by atoms with Crippen LogP contribution in [-0.2, 0) is 13.1 Å². The van der Waals surface area contributed by atoms with Crippen LogP contribution in [0.4, 0.5) is 5.69 Å². The van der Waals surface area contributed by atoms with Gasteiger partial charge in [-0.2, -0.15) is 5.10 Å². The van der Waals surface area contributed by atoms with Crippen LogP contribution in [0.3, 0.4) is 0 Å². The second-order valence-corrected chi connectivity index (χ2v) is 7.87. The van der Waals surface area contributed by atoms with Crippen molar-refractivity contribution in [1.29, 1.82) is 0 Å². The van der Waals surface area contributed by atoms with Crippen LogP contribution in [0, 0.1) is 6.92 Å². The number of nitrogens with one attached hydrogen (secondary N) is 2. The van der Waals surface area contributed by atoms with Gasteiger partial charge in [0.1, 0.15) is 5.69 Å². The van der Waals surface area contributed by atoms with Gasteiger partial charge in [0.15, 0.2) is 0 Å². The molecule has 31 heavy (non-hydrogen) atoms. The van der Waals surface area contributed by atoms with Gasteiger partial charge in [-0.1, -0.05) is 30.3 Å². The largest absolute Gasteiger partial charge is 0.351 e. The molecule has 2 aromatic carbocycles. The molecule has 3 heterocycles. The Morgan fingerprint density at radius 2 is 2.06 bits per heavy atom. The minimum Gasteiger partial charge on any atom is -0.351 e. The van der Waals surface area contributed by atoms with E-state index in [9.17, 15) is 9.59 Å². The van der Waals surface area contributed by atoms with E-state index in [2.05, 4.69) is 34.8 Å². The van der Waals surface area contributed by atoms with Gasteiger partial charge in [0.2, 0.25) is 0 Å². The molecule has 0 atom stereocenters. The summed E-state index contributed by atoms with van der Waals surface area (Å²) in [6, 6.07) is 15.6. The Bertz CT molecular complexity index is 1300. The predicted molar refractivity (Wildman–Crippen MR) is 119 cm³/mol. The number of carbonyl (C=O) groups is 2. The van der Waals surface area contributed by atoms with Crippen molar-refractivity contribution in [1.82, 2.24) is 19.7 Å². The molecule has 0 aliphatic carbocycles. The van der Waals surface area contributed by atoms with Crippen LogP contribution in [0.2, 0.25) is 0 Å². The monoisotopic (exact) mass is 413 g/mol. The summed E-state index contributed by atoms with van der Waals surface area (Å²) in [6.45, 7) is 4.12. The Labute approximate surface area is 179 Å². The van der Waals surface area contributed by atoms with Crippen molar-refractivity contribution >= 4 is 28.4 Å². The van der Waals surface area contributed by atoms with Gasteiger partial charge in [0.25, 0.3) is 11.8 Å². The van der Waals surface area contributed by atoms with Crippen LogP contribution in [-0.4, -0.2) is 32.7 Å². The van der Waals surface area contributed by atoms with E-state index >= 15 is 0 Å². The number of nitrogens with zero attached hydrogens (tertiary/aromatic N) is 3. The third-order valence-electron chi connectivity index (χ3n) is 5.73. The Balaban J connectivity index is 1.36. The number of carbonyl (C=O) groups excluding carboxylic acids is 2. The molecule has 7 nitrogen and oxygen atoms in total. The Kier molecular flexibility index (Phi) is 4.78. The van der Waals surface area contributed by atoms with Gasteiger partial charge in [0.05, 0.1) is 18.4 Å². The highest BCUT2D eigenvalue weighted by Gasteiger charge is 2.19. The van der Waals surface area contributed by atoms with Crippen LogP contribution in [0.5, 0.6) is 0 Å². The first kappa shape index (κ1) is 19.1. The molecule has 156 valence electrons. The molecule has 0 unspecified atom stereocenters. The molecule has 7 heteroatoms. The van der Waals surface area contributed by atoms with Crippen LogP contribution in [0.15, 0.2) is 60.9 Å². The molecule has 2 N–H and O–H groups in total. The quantitative estimate of drug-likeness (QED) is 0.537. The van der Waals surface area contributed by atoms with E-state index in [1.165, 1.54) is 11.1 Å². The fourth-order valence-electron chi connectivity index (χ4n) is 4.03. The molecule has 1 aliphatic rings. The maximum Gasteiger partial charge on any atom is 0.267 e. The smallest absolute Gasteiger partial charge is 0.267 e. The summed E-state index contributed by atoms with van der Waals surface area (Å²) in [5.74, 6) is -0.272. The average molecular weight is 413 g/mol. The van der Waals surface area contributed by atoms with Crippen molar-refractivity contribution in [3.63, 3.8) is 0 Å². The summed E-state index contributed by atoms with van der Waals surface area (Å²) < 4.78 is 3.81. The van der Waals surface area contributed by atoms with E-state index in [0.717, 1.165) is 23.9 Å². The maximum atomic E-state index is 12.9. The van der Waals surface area contributed by atoms with E-state index < -0.39 is 0 Å². The van der Waals surface area contributed by atoms with E-state index in [4.69, 9.17) is 0 Å². The number of aromatic nitrogens is 3. The molecule has 0 saturated carbocycles. The predicted octanol–water partition coefficient (Wildman–Crippen LogP) is 3.58. The molecule has 2 aromatic heterocycles. The lowest BCUT2D eigenvalue weighted by atomic mass is 10.1. The third kappa shape index (κ3) is 3.70. The van der Waals surface area contributed by atoms with Crippen molar-refractivity contribution in [2.45, 2.75) is 26.4 Å². The average Bonchev–Trinajstić information content (AvgIpc) is 3.31. The molecule has 4 aromatic rings. The summed E-state index contributed by atoms with van der Waals surface area (Å²) in [5.41, 5.74) is 5.12. The Morgan fingerprint density at radius 3 is 2.94 bits per heavy atom. The van der Waals surface area contributed by atoms with Gasteiger partial charge in [-0.15, -0.1) is 0 Å². The fourth-order valence-corrected chi connectivity index (χ4v) is 4.03. The molecule has 1 aliphatic heterocycles. The van der Waals surface area contributed by atoms with Gasteiger partial charge >= 0.3 is 0 Å². The summed E-state index contributed by atoms with van der Waals surface area (Å²) in [7, 11) is 0. The standard InChI is InChI=1S/C24H23N5O2/c1-16-5-2-3-6-19(16)14-28-15-20(13-26-28)27-23(30)18-8-7-17-11-22-24(31)25-9-4-10-29(22)21(17)12-18/h2-3,5-8,11-13,15H,4,9-10,14H2,1H3,(H,25,31)(H,27,30). The first-order chi connectivity index (χ1) is 15.1. The lowest BCUT2D eigenvalue weighted by Gasteiger charge is -2.07. The number of benzene rings is 2. The second kappa shape index (κ2) is 7.75. The first-order valence-electron chi connectivity index (χ1n) is 10.4. The highest BCUT2D eigenvalue weighted by Crippen LogP contribution is 2.24. The number of aryl methyl sites for hydroxylation is 2. The fraction of sp³-hybridized carbons (Fsp3) is 0.208. The minimum absolute atomic E-state index is 0.0687. The van der Waals surface area contributed by atoms with Crippen molar-refractivity contribution in [3.8, 4) is 0 Å². The van der Waals surface area contributed by atoms with E-state index in [1.54, 1.807) is 12.3 Å². The number of hydrogen-bond acceptors (Lipinski definition) is 3. The first-order valence-corrected chi connectivity index (χ1v) is 10.4. The van der Waals surface area contributed by atoms with Gasteiger partial charge in [-0.3, -0.25) is 14.3 Å². The van der Waals surface area contributed by atoms with Crippen molar-refractivity contribution < 1.29 is 9.59 Å². The van der Waals surface area contributed by atoms with Crippen LogP contribution in [0.1, 0.15) is 38.4 Å². The molecule has 0 bridgehead atoms. The third-order valence-corrected chi connectivity index (χ3v) is 5.73. The number of hydrogen-bond donors (Lipinski definition) is 2. The van der Waals surface area contributed by atoms with E-state index in [-0.39, 0.29) is 11.8 Å². The molecule has 0 spiro atoms. The highest BCUT2D eigenvalue weighted by atomic mass is 16.2. The van der Waals surface area contributed by atoms with Gasteiger partial charge in [-0.05, 0) is 42.7 Å². The maximum absolute atomic E-state index is 12.9.